The molecule has 6 nitrogen and oxygen atoms in total. The average Bonchev–Trinajstić information content (AvgIpc) is 2.58. The van der Waals surface area contributed by atoms with E-state index in [1.165, 1.54) is 12.0 Å². The minimum Gasteiger partial charge on any atom is -0.468 e. The van der Waals surface area contributed by atoms with Crippen molar-refractivity contribution in [3.05, 3.63) is 35.9 Å². The molecule has 0 N–H and O–H groups in total. The van der Waals surface area contributed by atoms with E-state index >= 15 is 0 Å². The molecular weight excluding hydrogens is 334 g/mol. The molecule has 2 rings (SSSR count). The summed E-state index contributed by atoms with van der Waals surface area (Å²) in [5.74, 6) is -4.89. The number of benzene rings is 1. The maximum atomic E-state index is 13.0. The van der Waals surface area contributed by atoms with E-state index in [4.69, 9.17) is 4.74 Å². The van der Waals surface area contributed by atoms with Gasteiger partial charge in [0.05, 0.1) is 7.11 Å². The largest absolute Gasteiger partial charge is 0.468 e. The second kappa shape index (κ2) is 7.81. The van der Waals surface area contributed by atoms with Crippen molar-refractivity contribution in [1.29, 1.82) is 0 Å². The number of hydrogen-bond acceptors (Lipinski definition) is 5. The van der Waals surface area contributed by atoms with Crippen molar-refractivity contribution in [2.75, 3.05) is 13.7 Å². The third-order valence-electron chi connectivity index (χ3n) is 4.90. The molecule has 0 bridgehead atoms. The summed E-state index contributed by atoms with van der Waals surface area (Å²) in [4.78, 5) is 52.0. The number of nitrogens with zero attached hydrogens (tertiary/aromatic N) is 1. The van der Waals surface area contributed by atoms with Crippen LogP contribution in [0.4, 0.5) is 0 Å². The lowest BCUT2D eigenvalue weighted by atomic mass is 9.63. The summed E-state index contributed by atoms with van der Waals surface area (Å²) >= 11 is 0. The van der Waals surface area contributed by atoms with Crippen LogP contribution in [0, 0.1) is 17.3 Å². The van der Waals surface area contributed by atoms with Gasteiger partial charge < -0.3 is 9.64 Å². The van der Waals surface area contributed by atoms with Gasteiger partial charge in [-0.3, -0.25) is 19.2 Å². The molecule has 2 atom stereocenters. The number of ether oxygens (including phenoxy) is 1. The van der Waals surface area contributed by atoms with Gasteiger partial charge in [-0.1, -0.05) is 44.2 Å². The van der Waals surface area contributed by atoms with E-state index in [1.807, 2.05) is 30.3 Å². The maximum absolute atomic E-state index is 13.0. The summed E-state index contributed by atoms with van der Waals surface area (Å²) in [7, 11) is 1.20. The fourth-order valence-corrected chi connectivity index (χ4v) is 3.51. The third kappa shape index (κ3) is 3.84. The zero-order valence-electron chi connectivity index (χ0n) is 15.7. The Morgan fingerprint density at radius 1 is 1.19 bits per heavy atom. The van der Waals surface area contributed by atoms with Crippen LogP contribution in [-0.4, -0.2) is 42.0 Å². The van der Waals surface area contributed by atoms with Crippen molar-refractivity contribution in [2.45, 2.75) is 33.7 Å². The quantitative estimate of drug-likeness (QED) is 0.593. The van der Waals surface area contributed by atoms with E-state index in [2.05, 4.69) is 0 Å². The number of amides is 1. The van der Waals surface area contributed by atoms with E-state index in [0.29, 0.717) is 13.1 Å². The third-order valence-corrected chi connectivity index (χ3v) is 4.90. The Morgan fingerprint density at radius 3 is 2.35 bits per heavy atom. The first-order valence-electron chi connectivity index (χ1n) is 8.70. The molecule has 1 saturated carbocycles. The van der Waals surface area contributed by atoms with Crippen LogP contribution in [0.3, 0.4) is 0 Å². The number of rotatable bonds is 5. The van der Waals surface area contributed by atoms with Gasteiger partial charge in [-0.05, 0) is 17.9 Å². The summed E-state index contributed by atoms with van der Waals surface area (Å²) in [5, 5.41) is 0. The van der Waals surface area contributed by atoms with Gasteiger partial charge in [0.25, 0.3) is 0 Å². The van der Waals surface area contributed by atoms with Gasteiger partial charge >= 0.3 is 5.97 Å². The van der Waals surface area contributed by atoms with E-state index in [0.717, 1.165) is 5.56 Å². The Kier molecular flexibility index (Phi) is 5.95. The van der Waals surface area contributed by atoms with Gasteiger partial charge in [0.15, 0.2) is 17.5 Å². The molecule has 0 heterocycles. The molecule has 0 aromatic heterocycles. The fraction of sp³-hybridized carbons (Fsp3) is 0.500. The van der Waals surface area contributed by atoms with E-state index < -0.39 is 40.7 Å². The SMILES string of the molecule is CCN(Cc1ccccc1)C(=O)C1C(=O)CC(C)(C)C(C(=O)OC)C1=O. The van der Waals surface area contributed by atoms with Gasteiger partial charge in [-0.25, -0.2) is 0 Å². The molecule has 6 heteroatoms. The van der Waals surface area contributed by atoms with Gasteiger partial charge in [-0.15, -0.1) is 0 Å². The van der Waals surface area contributed by atoms with Gasteiger partial charge in [0, 0.05) is 19.5 Å². The summed E-state index contributed by atoms with van der Waals surface area (Å²) in [5.41, 5.74) is 0.0392. The minimum absolute atomic E-state index is 0.0161. The van der Waals surface area contributed by atoms with Crippen LogP contribution in [0.25, 0.3) is 0 Å². The molecule has 1 aromatic rings. The second-order valence-electron chi connectivity index (χ2n) is 7.26. The fourth-order valence-electron chi connectivity index (χ4n) is 3.51. The standard InChI is InChI=1S/C20H25NO5/c1-5-21(12-13-9-7-6-8-10-13)18(24)15-14(22)11-20(2,3)16(17(15)23)19(25)26-4/h6-10,15-16H,5,11-12H2,1-4H3. The number of esters is 1. The van der Waals surface area contributed by atoms with Crippen molar-refractivity contribution < 1.29 is 23.9 Å². The Hall–Kier alpha value is -2.50. The molecule has 1 aliphatic rings. The number of Topliss-reactive ketones (excluding diaryl/α,β-unsaturated/α-hetero) is 2. The maximum Gasteiger partial charge on any atom is 0.316 e. The van der Waals surface area contributed by atoms with Crippen LogP contribution >= 0.6 is 0 Å². The van der Waals surface area contributed by atoms with Crippen LogP contribution in [0.15, 0.2) is 30.3 Å². The van der Waals surface area contributed by atoms with Crippen molar-refractivity contribution >= 4 is 23.4 Å². The first kappa shape index (κ1) is 19.8. The summed E-state index contributed by atoms with van der Waals surface area (Å²) in [6, 6.07) is 9.35. The van der Waals surface area contributed by atoms with Crippen LogP contribution in [0.1, 0.15) is 32.8 Å². The van der Waals surface area contributed by atoms with Gasteiger partial charge in [-0.2, -0.15) is 0 Å². The smallest absolute Gasteiger partial charge is 0.316 e. The molecular formula is C20H25NO5. The summed E-state index contributed by atoms with van der Waals surface area (Å²) in [6.45, 7) is 5.80. The topological polar surface area (TPSA) is 80.8 Å². The molecule has 0 radical (unpaired) electrons. The Bertz CT molecular complexity index is 710. The molecule has 1 aromatic carbocycles. The Labute approximate surface area is 153 Å². The average molecular weight is 359 g/mol. The van der Waals surface area contributed by atoms with E-state index in [-0.39, 0.29) is 6.42 Å². The highest BCUT2D eigenvalue weighted by Gasteiger charge is 2.54. The lowest BCUT2D eigenvalue weighted by Crippen LogP contribution is -2.54. The van der Waals surface area contributed by atoms with Gasteiger partial charge in [0.1, 0.15) is 5.92 Å². The molecule has 0 saturated heterocycles. The predicted octanol–water partition coefficient (Wildman–Crippen LogP) is 2.01. The van der Waals surface area contributed by atoms with Crippen LogP contribution in [0.5, 0.6) is 0 Å². The molecule has 140 valence electrons. The summed E-state index contributed by atoms with van der Waals surface area (Å²) < 4.78 is 4.75. The number of hydrogen-bond donors (Lipinski definition) is 0. The van der Waals surface area contributed by atoms with Crippen LogP contribution in [-0.2, 0) is 30.5 Å². The second-order valence-corrected chi connectivity index (χ2v) is 7.26. The molecule has 0 spiro atoms. The van der Waals surface area contributed by atoms with E-state index in [9.17, 15) is 19.2 Å². The lowest BCUT2D eigenvalue weighted by molar-refractivity contribution is -0.163. The van der Waals surface area contributed by atoms with Crippen molar-refractivity contribution in [1.82, 2.24) is 4.90 Å². The highest BCUT2D eigenvalue weighted by Crippen LogP contribution is 2.40. The number of carbonyl (C=O) groups is 4. The highest BCUT2D eigenvalue weighted by molar-refractivity contribution is 6.24. The molecule has 2 unspecified atom stereocenters. The molecule has 1 aliphatic carbocycles. The monoisotopic (exact) mass is 359 g/mol. The van der Waals surface area contributed by atoms with Crippen molar-refractivity contribution in [2.24, 2.45) is 17.3 Å². The van der Waals surface area contributed by atoms with Crippen LogP contribution < -0.4 is 0 Å². The summed E-state index contributed by atoms with van der Waals surface area (Å²) in [6.07, 6.45) is -0.0161. The first-order chi connectivity index (χ1) is 12.2. The number of methoxy groups -OCH3 is 1. The van der Waals surface area contributed by atoms with Crippen molar-refractivity contribution in [3.8, 4) is 0 Å². The molecule has 1 amide bonds. The van der Waals surface area contributed by atoms with E-state index in [1.54, 1.807) is 20.8 Å². The zero-order valence-corrected chi connectivity index (χ0v) is 15.7. The highest BCUT2D eigenvalue weighted by atomic mass is 16.5. The zero-order chi connectivity index (χ0) is 19.5. The lowest BCUT2D eigenvalue weighted by Gasteiger charge is -2.38. The Morgan fingerprint density at radius 2 is 1.81 bits per heavy atom. The molecule has 26 heavy (non-hydrogen) atoms. The number of ketones is 2. The minimum atomic E-state index is -1.43. The van der Waals surface area contributed by atoms with Crippen LogP contribution in [0.2, 0.25) is 0 Å². The number of carbonyl (C=O) groups excluding carboxylic acids is 4. The normalized spacial score (nSPS) is 22.0. The Balaban J connectivity index is 2.29. The van der Waals surface area contributed by atoms with Crippen molar-refractivity contribution in [3.63, 3.8) is 0 Å². The van der Waals surface area contributed by atoms with Gasteiger partial charge in [0.2, 0.25) is 5.91 Å². The first-order valence-corrected chi connectivity index (χ1v) is 8.70. The molecule has 1 fully saturated rings. The molecule has 0 aliphatic heterocycles. The predicted molar refractivity (Wildman–Crippen MR) is 94.9 cm³/mol.